The Labute approximate surface area is 160 Å². The van der Waals surface area contributed by atoms with Crippen LogP contribution in [0.4, 0.5) is 0 Å². The summed E-state index contributed by atoms with van der Waals surface area (Å²) in [5, 5.41) is 6.80. The molecule has 0 amide bonds. The Balaban J connectivity index is 1.70. The van der Waals surface area contributed by atoms with Crippen molar-refractivity contribution in [3.05, 3.63) is 30.0 Å². The number of aromatic amines is 1. The Morgan fingerprint density at radius 1 is 1.33 bits per heavy atom. The normalized spacial score (nSPS) is 22.1. The largest absolute Gasteiger partial charge is 0.473 e. The highest BCUT2D eigenvalue weighted by molar-refractivity contribution is 7.91. The predicted molar refractivity (Wildman–Crippen MR) is 101 cm³/mol. The molecule has 0 aliphatic carbocycles. The van der Waals surface area contributed by atoms with Gasteiger partial charge in [0, 0.05) is 24.5 Å². The van der Waals surface area contributed by atoms with Gasteiger partial charge in [-0.3, -0.25) is 15.0 Å². The van der Waals surface area contributed by atoms with Crippen molar-refractivity contribution in [2.24, 2.45) is 0 Å². The van der Waals surface area contributed by atoms with Crippen LogP contribution in [0.2, 0.25) is 0 Å². The van der Waals surface area contributed by atoms with Crippen LogP contribution in [0, 0.1) is 13.8 Å². The van der Waals surface area contributed by atoms with Gasteiger partial charge in [-0.15, -0.1) is 0 Å². The molecule has 0 aromatic carbocycles. The number of aryl methyl sites for hydroxylation is 2. The molecule has 0 spiro atoms. The fourth-order valence-electron chi connectivity index (χ4n) is 3.85. The fraction of sp³-hybridized carbons (Fsp3) is 0.611. The predicted octanol–water partition coefficient (Wildman–Crippen LogP) is 2.26. The van der Waals surface area contributed by atoms with Crippen LogP contribution in [0.15, 0.2) is 23.5 Å². The van der Waals surface area contributed by atoms with Gasteiger partial charge < -0.3 is 4.74 Å². The van der Waals surface area contributed by atoms with E-state index in [1.165, 1.54) is 0 Å². The molecule has 0 bridgehead atoms. The molecule has 1 fully saturated rings. The van der Waals surface area contributed by atoms with Crippen molar-refractivity contribution in [1.29, 1.82) is 0 Å². The first-order valence-electron chi connectivity index (χ1n) is 9.20. The summed E-state index contributed by atoms with van der Waals surface area (Å²) in [6.07, 6.45) is 7.35. The first-order chi connectivity index (χ1) is 12.8. The molecular formula is C18H27N5O3S. The lowest BCUT2D eigenvalue weighted by atomic mass is 10.1. The molecule has 3 rings (SSSR count). The topological polar surface area (TPSA) is 101 Å². The first-order valence-corrected chi connectivity index (χ1v) is 10.9. The molecule has 1 aliphatic heterocycles. The molecular weight excluding hydrogens is 366 g/mol. The third-order valence-corrected chi connectivity index (χ3v) is 6.97. The molecule has 3 heterocycles. The van der Waals surface area contributed by atoms with Gasteiger partial charge in [0.25, 0.3) is 0 Å². The van der Waals surface area contributed by atoms with Crippen molar-refractivity contribution < 1.29 is 13.2 Å². The number of rotatable bonds is 7. The number of ether oxygens (including phenoxy) is 1. The zero-order chi connectivity index (χ0) is 19.6. The lowest BCUT2D eigenvalue weighted by Crippen LogP contribution is -2.40. The zero-order valence-electron chi connectivity index (χ0n) is 16.2. The van der Waals surface area contributed by atoms with Gasteiger partial charge in [0.15, 0.2) is 9.84 Å². The Bertz CT molecular complexity index is 849. The van der Waals surface area contributed by atoms with E-state index < -0.39 is 9.84 Å². The van der Waals surface area contributed by atoms with E-state index in [0.29, 0.717) is 22.2 Å². The van der Waals surface area contributed by atoms with Crippen molar-refractivity contribution >= 4 is 9.84 Å². The monoisotopic (exact) mass is 393 g/mol. The molecule has 2 aromatic heterocycles. The summed E-state index contributed by atoms with van der Waals surface area (Å²) in [4.78, 5) is 10.5. The quantitative estimate of drug-likeness (QED) is 0.770. The summed E-state index contributed by atoms with van der Waals surface area (Å²) in [6.45, 7) is 7.53. The van der Waals surface area contributed by atoms with Crippen molar-refractivity contribution in [3.63, 3.8) is 0 Å². The third-order valence-electron chi connectivity index (χ3n) is 5.11. The molecule has 1 aliphatic rings. The second-order valence-corrected chi connectivity index (χ2v) is 9.21. The van der Waals surface area contributed by atoms with Crippen LogP contribution in [-0.2, 0) is 9.84 Å². The number of likely N-dealkylation sites (tertiary alicyclic amines) is 1. The van der Waals surface area contributed by atoms with Gasteiger partial charge in [-0.2, -0.15) is 5.10 Å². The molecule has 1 saturated heterocycles. The maximum Gasteiger partial charge on any atom is 0.232 e. The van der Waals surface area contributed by atoms with Gasteiger partial charge in [-0.05, 0) is 47.0 Å². The van der Waals surface area contributed by atoms with E-state index in [1.54, 1.807) is 32.4 Å². The minimum absolute atomic E-state index is 0.00207. The zero-order valence-corrected chi connectivity index (χ0v) is 17.0. The van der Waals surface area contributed by atoms with Crippen LogP contribution in [0.1, 0.15) is 44.5 Å². The van der Waals surface area contributed by atoms with E-state index >= 15 is 0 Å². The summed E-state index contributed by atoms with van der Waals surface area (Å²) in [5.74, 6) is 0.484. The fourth-order valence-corrected chi connectivity index (χ4v) is 5.85. The van der Waals surface area contributed by atoms with Crippen LogP contribution in [0.3, 0.4) is 0 Å². The molecule has 9 heteroatoms. The molecule has 0 radical (unpaired) electrons. The minimum Gasteiger partial charge on any atom is -0.473 e. The molecule has 0 saturated carbocycles. The summed E-state index contributed by atoms with van der Waals surface area (Å²) in [6, 6.07) is 0.356. The van der Waals surface area contributed by atoms with Crippen LogP contribution >= 0.6 is 0 Å². The molecule has 3 atom stereocenters. The third kappa shape index (κ3) is 4.47. The van der Waals surface area contributed by atoms with E-state index in [1.807, 2.05) is 6.92 Å². The van der Waals surface area contributed by atoms with Gasteiger partial charge in [-0.1, -0.05) is 0 Å². The molecule has 27 heavy (non-hydrogen) atoms. The second-order valence-electron chi connectivity index (χ2n) is 7.31. The van der Waals surface area contributed by atoms with E-state index in [9.17, 15) is 8.42 Å². The van der Waals surface area contributed by atoms with Gasteiger partial charge in [0.1, 0.15) is 10.8 Å². The number of sulfone groups is 1. The Morgan fingerprint density at radius 3 is 2.74 bits per heavy atom. The van der Waals surface area contributed by atoms with Gasteiger partial charge in [-0.25, -0.2) is 13.4 Å². The maximum absolute atomic E-state index is 13.0. The summed E-state index contributed by atoms with van der Waals surface area (Å²) in [7, 11) is -3.45. The maximum atomic E-state index is 13.0. The second kappa shape index (κ2) is 7.93. The average molecular weight is 394 g/mol. The number of hydrogen-bond donors (Lipinski definition) is 1. The highest BCUT2D eigenvalue weighted by atomic mass is 32.2. The molecule has 0 unspecified atom stereocenters. The van der Waals surface area contributed by atoms with Crippen LogP contribution in [-0.4, -0.2) is 57.5 Å². The number of hydrogen-bond acceptors (Lipinski definition) is 7. The van der Waals surface area contributed by atoms with E-state index in [0.717, 1.165) is 19.3 Å². The molecule has 8 nitrogen and oxygen atoms in total. The SMILES string of the molecule is Cc1n[nH]c(C)c1S(=O)(=O)CN1[C@H](C[C@H](C)Oc2cnccn2)CC[C@@H]1C. The van der Waals surface area contributed by atoms with Gasteiger partial charge >= 0.3 is 0 Å². The Hall–Kier alpha value is -2.00. The number of H-pyrrole nitrogens is 1. The number of nitrogens with zero attached hydrogens (tertiary/aromatic N) is 4. The van der Waals surface area contributed by atoms with E-state index in [4.69, 9.17) is 4.74 Å². The van der Waals surface area contributed by atoms with Crippen molar-refractivity contribution in [1.82, 2.24) is 25.1 Å². The van der Waals surface area contributed by atoms with Crippen LogP contribution < -0.4 is 4.74 Å². The Kier molecular flexibility index (Phi) is 5.81. The summed E-state index contributed by atoms with van der Waals surface area (Å²) < 4.78 is 31.9. The highest BCUT2D eigenvalue weighted by Crippen LogP contribution is 2.30. The van der Waals surface area contributed by atoms with E-state index in [-0.39, 0.29) is 24.1 Å². The Morgan fingerprint density at radius 2 is 2.11 bits per heavy atom. The highest BCUT2D eigenvalue weighted by Gasteiger charge is 2.36. The van der Waals surface area contributed by atoms with Crippen LogP contribution in [0.5, 0.6) is 5.88 Å². The number of nitrogens with one attached hydrogen (secondary N) is 1. The van der Waals surface area contributed by atoms with Gasteiger partial charge in [0.2, 0.25) is 5.88 Å². The summed E-state index contributed by atoms with van der Waals surface area (Å²) in [5.41, 5.74) is 1.12. The lowest BCUT2D eigenvalue weighted by molar-refractivity contribution is 0.143. The summed E-state index contributed by atoms with van der Waals surface area (Å²) >= 11 is 0. The molecule has 1 N–H and O–H groups in total. The minimum atomic E-state index is -3.45. The first kappa shape index (κ1) is 19.8. The van der Waals surface area contributed by atoms with Crippen LogP contribution in [0.25, 0.3) is 0 Å². The van der Waals surface area contributed by atoms with Crippen molar-refractivity contribution in [3.8, 4) is 5.88 Å². The van der Waals surface area contributed by atoms with Gasteiger partial charge in [0.05, 0.1) is 23.7 Å². The average Bonchev–Trinajstić information content (AvgIpc) is 3.12. The number of aromatic nitrogens is 4. The smallest absolute Gasteiger partial charge is 0.232 e. The van der Waals surface area contributed by atoms with Crippen molar-refractivity contribution in [2.45, 2.75) is 70.0 Å². The molecule has 2 aromatic rings. The standard InChI is InChI=1S/C18H27N5O3S/c1-12-5-6-16(9-13(2)26-17-10-19-7-8-20-17)23(12)11-27(24,25)18-14(3)21-22-15(18)4/h7-8,10,12-13,16H,5-6,9,11H2,1-4H3,(H,21,22)/t12-,13-,16-/m0/s1. The van der Waals surface area contributed by atoms with Crippen molar-refractivity contribution in [2.75, 3.05) is 5.88 Å². The lowest BCUT2D eigenvalue weighted by Gasteiger charge is -2.29. The molecule has 148 valence electrons. The van der Waals surface area contributed by atoms with E-state index in [2.05, 4.69) is 32.0 Å².